The van der Waals surface area contributed by atoms with Crippen LogP contribution in [0.25, 0.3) is 0 Å². The smallest absolute Gasteiger partial charge is 0.412 e. The molecule has 8 nitrogen and oxygen atoms in total. The third-order valence-electron chi connectivity index (χ3n) is 3.66. The lowest BCUT2D eigenvalue weighted by Gasteiger charge is -2.19. The standard InChI is InChI=1S/C22H23N3O5/c1-14(19(26)24-17-9-5-7-15(11-17)13-23)29-20(27)16-8-6-10-18(12-16)25-21(28)30-22(2,3)4/h5-12,14H,1-4H3,(H,24,26)(H,25,28)/t14-/m0/s1. The summed E-state index contributed by atoms with van der Waals surface area (Å²) in [6.07, 6.45) is -1.73. The predicted octanol–water partition coefficient (Wildman–Crippen LogP) is 4.09. The highest BCUT2D eigenvalue weighted by Gasteiger charge is 2.20. The van der Waals surface area contributed by atoms with Crippen molar-refractivity contribution in [2.75, 3.05) is 10.6 Å². The predicted molar refractivity (Wildman–Crippen MR) is 111 cm³/mol. The maximum atomic E-state index is 12.4. The van der Waals surface area contributed by atoms with Crippen LogP contribution in [0.2, 0.25) is 0 Å². The third-order valence-corrected chi connectivity index (χ3v) is 3.66. The molecule has 0 heterocycles. The summed E-state index contributed by atoms with van der Waals surface area (Å²) in [5.41, 5.74) is 0.673. The van der Waals surface area contributed by atoms with Crippen molar-refractivity contribution in [1.29, 1.82) is 5.26 Å². The number of hydrogen-bond acceptors (Lipinski definition) is 6. The first kappa shape index (κ1) is 22.4. The van der Waals surface area contributed by atoms with Gasteiger partial charge in [-0.05, 0) is 64.1 Å². The number of ether oxygens (including phenoxy) is 2. The van der Waals surface area contributed by atoms with Crippen LogP contribution in [-0.2, 0) is 14.3 Å². The van der Waals surface area contributed by atoms with Gasteiger partial charge >= 0.3 is 12.1 Å². The van der Waals surface area contributed by atoms with Crippen LogP contribution < -0.4 is 10.6 Å². The van der Waals surface area contributed by atoms with Crippen LogP contribution in [0, 0.1) is 11.3 Å². The van der Waals surface area contributed by atoms with Gasteiger partial charge in [0.25, 0.3) is 5.91 Å². The number of nitriles is 1. The van der Waals surface area contributed by atoms with Gasteiger partial charge in [-0.3, -0.25) is 10.1 Å². The number of carbonyl (C=O) groups is 3. The van der Waals surface area contributed by atoms with Gasteiger partial charge in [-0.25, -0.2) is 9.59 Å². The molecule has 0 aliphatic heterocycles. The van der Waals surface area contributed by atoms with Gasteiger partial charge in [0.2, 0.25) is 0 Å². The SMILES string of the molecule is C[C@H](OC(=O)c1cccc(NC(=O)OC(C)(C)C)c1)C(=O)Nc1cccc(C#N)c1. The summed E-state index contributed by atoms with van der Waals surface area (Å²) in [5, 5.41) is 14.0. The number of nitrogens with one attached hydrogen (secondary N) is 2. The van der Waals surface area contributed by atoms with E-state index in [1.165, 1.54) is 25.1 Å². The van der Waals surface area contributed by atoms with Gasteiger partial charge in [0.15, 0.2) is 6.10 Å². The number of carbonyl (C=O) groups excluding carboxylic acids is 3. The molecule has 2 aromatic rings. The third kappa shape index (κ3) is 6.95. The fourth-order valence-corrected chi connectivity index (χ4v) is 2.34. The van der Waals surface area contributed by atoms with Crippen molar-refractivity contribution in [3.63, 3.8) is 0 Å². The first-order valence-corrected chi connectivity index (χ1v) is 9.19. The van der Waals surface area contributed by atoms with Crippen molar-refractivity contribution >= 4 is 29.3 Å². The zero-order chi connectivity index (χ0) is 22.3. The molecule has 0 spiro atoms. The van der Waals surface area contributed by atoms with Crippen molar-refractivity contribution in [3.8, 4) is 6.07 Å². The minimum atomic E-state index is -1.08. The van der Waals surface area contributed by atoms with E-state index in [1.54, 1.807) is 51.1 Å². The summed E-state index contributed by atoms with van der Waals surface area (Å²) in [7, 11) is 0. The minimum Gasteiger partial charge on any atom is -0.449 e. The first-order valence-electron chi connectivity index (χ1n) is 9.19. The molecule has 0 saturated heterocycles. The van der Waals surface area contributed by atoms with Gasteiger partial charge in [0.1, 0.15) is 5.60 Å². The maximum Gasteiger partial charge on any atom is 0.412 e. The lowest BCUT2D eigenvalue weighted by molar-refractivity contribution is -0.123. The second-order valence-electron chi connectivity index (χ2n) is 7.44. The monoisotopic (exact) mass is 409 g/mol. The Morgan fingerprint density at radius 3 is 2.27 bits per heavy atom. The zero-order valence-electron chi connectivity index (χ0n) is 17.2. The molecule has 156 valence electrons. The molecule has 0 saturated carbocycles. The Kier molecular flexibility index (Phi) is 7.15. The molecule has 8 heteroatoms. The average Bonchev–Trinajstić information content (AvgIpc) is 2.66. The average molecular weight is 409 g/mol. The summed E-state index contributed by atoms with van der Waals surface area (Å²) < 4.78 is 10.4. The second-order valence-corrected chi connectivity index (χ2v) is 7.44. The number of nitrogens with zero attached hydrogens (tertiary/aromatic N) is 1. The van der Waals surface area contributed by atoms with E-state index in [9.17, 15) is 14.4 Å². The molecule has 2 amide bonds. The fourth-order valence-electron chi connectivity index (χ4n) is 2.34. The van der Waals surface area contributed by atoms with E-state index in [0.717, 1.165) is 0 Å². The minimum absolute atomic E-state index is 0.162. The van der Waals surface area contributed by atoms with Gasteiger partial charge in [-0.2, -0.15) is 5.26 Å². The van der Waals surface area contributed by atoms with E-state index in [4.69, 9.17) is 14.7 Å². The summed E-state index contributed by atoms with van der Waals surface area (Å²) in [4.78, 5) is 36.5. The van der Waals surface area contributed by atoms with Crippen LogP contribution in [0.5, 0.6) is 0 Å². The van der Waals surface area contributed by atoms with E-state index >= 15 is 0 Å². The van der Waals surface area contributed by atoms with Crippen molar-refractivity contribution in [2.24, 2.45) is 0 Å². The van der Waals surface area contributed by atoms with E-state index in [-0.39, 0.29) is 5.56 Å². The number of hydrogen-bond donors (Lipinski definition) is 2. The number of rotatable bonds is 5. The molecule has 0 unspecified atom stereocenters. The molecule has 0 aliphatic carbocycles. The molecule has 2 N–H and O–H groups in total. The van der Waals surface area contributed by atoms with Gasteiger partial charge in [-0.1, -0.05) is 12.1 Å². The summed E-state index contributed by atoms with van der Waals surface area (Å²) in [6, 6.07) is 14.5. The van der Waals surface area contributed by atoms with Crippen molar-refractivity contribution in [1.82, 2.24) is 0 Å². The Balaban J connectivity index is 1.98. The number of benzene rings is 2. The normalized spacial score (nSPS) is 11.6. The Bertz CT molecular complexity index is 989. The van der Waals surface area contributed by atoms with Crippen LogP contribution >= 0.6 is 0 Å². The quantitative estimate of drug-likeness (QED) is 0.718. The van der Waals surface area contributed by atoms with E-state index in [1.807, 2.05) is 6.07 Å². The number of esters is 1. The molecule has 2 rings (SSSR count). The molecule has 2 aromatic carbocycles. The van der Waals surface area contributed by atoms with Crippen molar-refractivity contribution < 1.29 is 23.9 Å². The molecule has 0 bridgehead atoms. The van der Waals surface area contributed by atoms with Crippen molar-refractivity contribution in [3.05, 3.63) is 59.7 Å². The Morgan fingerprint density at radius 1 is 1.00 bits per heavy atom. The Morgan fingerprint density at radius 2 is 1.63 bits per heavy atom. The van der Waals surface area contributed by atoms with Crippen LogP contribution in [0.3, 0.4) is 0 Å². The topological polar surface area (TPSA) is 118 Å². The zero-order valence-corrected chi connectivity index (χ0v) is 17.2. The van der Waals surface area contributed by atoms with Crippen LogP contribution in [0.1, 0.15) is 43.6 Å². The molecule has 0 aliphatic rings. The molecule has 1 atom stereocenters. The highest BCUT2D eigenvalue weighted by Crippen LogP contribution is 2.16. The van der Waals surface area contributed by atoms with E-state index in [0.29, 0.717) is 16.9 Å². The largest absolute Gasteiger partial charge is 0.449 e. The fraction of sp³-hybridized carbons (Fsp3) is 0.273. The molecule has 0 aromatic heterocycles. The first-order chi connectivity index (χ1) is 14.1. The number of amides is 2. The molecule has 0 radical (unpaired) electrons. The Labute approximate surface area is 174 Å². The van der Waals surface area contributed by atoms with Gasteiger partial charge in [-0.15, -0.1) is 0 Å². The van der Waals surface area contributed by atoms with E-state index < -0.39 is 29.7 Å². The van der Waals surface area contributed by atoms with Gasteiger partial charge < -0.3 is 14.8 Å². The molecular formula is C22H23N3O5. The Hall–Kier alpha value is -3.86. The van der Waals surface area contributed by atoms with Crippen molar-refractivity contribution in [2.45, 2.75) is 39.4 Å². The van der Waals surface area contributed by atoms with Gasteiger partial charge in [0.05, 0.1) is 17.2 Å². The molecule has 0 fully saturated rings. The summed E-state index contributed by atoms with van der Waals surface area (Å²) in [6.45, 7) is 6.65. The lowest BCUT2D eigenvalue weighted by Crippen LogP contribution is -2.30. The highest BCUT2D eigenvalue weighted by molar-refractivity contribution is 5.98. The van der Waals surface area contributed by atoms with Gasteiger partial charge in [0, 0.05) is 11.4 Å². The van der Waals surface area contributed by atoms with Crippen LogP contribution in [0.15, 0.2) is 48.5 Å². The summed E-state index contributed by atoms with van der Waals surface area (Å²) in [5.74, 6) is -1.27. The van der Waals surface area contributed by atoms with E-state index in [2.05, 4.69) is 10.6 Å². The number of anilines is 2. The summed E-state index contributed by atoms with van der Waals surface area (Å²) >= 11 is 0. The lowest BCUT2D eigenvalue weighted by atomic mass is 10.2. The maximum absolute atomic E-state index is 12.4. The highest BCUT2D eigenvalue weighted by atomic mass is 16.6. The second kappa shape index (κ2) is 9.56. The molecular weight excluding hydrogens is 386 g/mol. The van der Waals surface area contributed by atoms with Crippen LogP contribution in [0.4, 0.5) is 16.2 Å². The van der Waals surface area contributed by atoms with Crippen LogP contribution in [-0.4, -0.2) is 29.7 Å². The molecule has 30 heavy (non-hydrogen) atoms.